The number of allylic oxidation sites excluding steroid dienone is 2. The molecule has 1 aromatic carbocycles. The highest BCUT2D eigenvalue weighted by Gasteiger charge is 2.55. The number of hydrogen-bond donors (Lipinski definition) is 0. The van der Waals surface area contributed by atoms with Gasteiger partial charge in [-0.15, -0.1) is 0 Å². The fraction of sp³-hybridized carbons (Fsp3) is 0.450. The molecule has 3 aliphatic rings. The number of urea groups is 1. The average Bonchev–Trinajstić information content (AvgIpc) is 3.13. The van der Waals surface area contributed by atoms with E-state index in [4.69, 9.17) is 16.6 Å². The van der Waals surface area contributed by atoms with Gasteiger partial charge in [0.05, 0.1) is 5.69 Å². The number of aliphatic imine (C=N–C) groups is 1. The van der Waals surface area contributed by atoms with Crippen molar-refractivity contribution in [1.29, 1.82) is 0 Å². The van der Waals surface area contributed by atoms with E-state index in [0.717, 1.165) is 17.1 Å². The molecule has 1 fully saturated rings. The topological polar surface area (TPSA) is 59.5 Å². The van der Waals surface area contributed by atoms with Crippen molar-refractivity contribution in [3.63, 3.8) is 0 Å². The Morgan fingerprint density at radius 2 is 1.89 bits per heavy atom. The second-order valence-electron chi connectivity index (χ2n) is 7.88. The molecular weight excluding hydrogens is 378 g/mol. The van der Waals surface area contributed by atoms with Crippen molar-refractivity contribution in [2.75, 3.05) is 18.5 Å². The molecule has 28 heavy (non-hydrogen) atoms. The normalized spacial score (nSPS) is 24.5. The Bertz CT molecular complexity index is 925. The summed E-state index contributed by atoms with van der Waals surface area (Å²) in [4.78, 5) is 37.7. The monoisotopic (exact) mass is 401 g/mol. The standard InChI is InChI=1S/C20H24ClN5O2/c1-11(2)10-24-18(27)16-17(23(5)20(24)28)22-19-25(12(3)13(4)26(16)19)15-8-6-7-14(21)9-15/h6-9,11,16-17H,10H2,1-5H3. The molecule has 0 saturated carbocycles. The molecule has 8 heteroatoms. The Kier molecular flexibility index (Phi) is 4.38. The van der Waals surface area contributed by atoms with Crippen molar-refractivity contribution >= 4 is 35.2 Å². The minimum Gasteiger partial charge on any atom is -0.302 e. The number of hydrogen-bond acceptors (Lipinski definition) is 5. The van der Waals surface area contributed by atoms with Gasteiger partial charge in [-0.1, -0.05) is 31.5 Å². The van der Waals surface area contributed by atoms with E-state index in [1.54, 1.807) is 11.9 Å². The summed E-state index contributed by atoms with van der Waals surface area (Å²) in [5.74, 6) is 0.659. The van der Waals surface area contributed by atoms with Gasteiger partial charge in [-0.2, -0.15) is 0 Å². The molecular formula is C20H24ClN5O2. The molecule has 2 atom stereocenters. The van der Waals surface area contributed by atoms with Gasteiger partial charge < -0.3 is 4.90 Å². The molecule has 0 bridgehead atoms. The van der Waals surface area contributed by atoms with Crippen LogP contribution in [0.5, 0.6) is 0 Å². The van der Waals surface area contributed by atoms with Crippen LogP contribution in [0.25, 0.3) is 0 Å². The van der Waals surface area contributed by atoms with Gasteiger partial charge in [-0.05, 0) is 38.0 Å². The van der Waals surface area contributed by atoms with Gasteiger partial charge in [0.15, 0.2) is 12.2 Å². The fourth-order valence-corrected chi connectivity index (χ4v) is 4.25. The van der Waals surface area contributed by atoms with Crippen LogP contribution in [0.2, 0.25) is 5.02 Å². The second kappa shape index (κ2) is 6.51. The molecule has 0 radical (unpaired) electrons. The molecule has 3 heterocycles. The van der Waals surface area contributed by atoms with Crippen LogP contribution in [-0.4, -0.2) is 58.4 Å². The van der Waals surface area contributed by atoms with Gasteiger partial charge in [-0.25, -0.2) is 9.79 Å². The lowest BCUT2D eigenvalue weighted by atomic mass is 10.1. The van der Waals surface area contributed by atoms with Gasteiger partial charge >= 0.3 is 6.03 Å². The molecule has 4 rings (SSSR count). The van der Waals surface area contributed by atoms with Crippen molar-refractivity contribution in [1.82, 2.24) is 14.7 Å². The minimum absolute atomic E-state index is 0.194. The first-order chi connectivity index (χ1) is 13.2. The number of likely N-dealkylation sites (N-methyl/N-ethyl adjacent to an activating group) is 1. The van der Waals surface area contributed by atoms with E-state index in [9.17, 15) is 9.59 Å². The van der Waals surface area contributed by atoms with E-state index in [2.05, 4.69) is 0 Å². The number of rotatable bonds is 3. The molecule has 3 aliphatic heterocycles. The molecule has 0 aliphatic carbocycles. The van der Waals surface area contributed by atoms with Gasteiger partial charge in [0, 0.05) is 30.0 Å². The highest BCUT2D eigenvalue weighted by Crippen LogP contribution is 2.40. The Morgan fingerprint density at radius 1 is 1.18 bits per heavy atom. The molecule has 1 saturated heterocycles. The van der Waals surface area contributed by atoms with Crippen LogP contribution < -0.4 is 4.90 Å². The number of guanidine groups is 1. The number of carbonyl (C=O) groups is 2. The first kappa shape index (κ1) is 18.8. The Hall–Kier alpha value is -2.54. The number of carbonyl (C=O) groups excluding carboxylic acids is 2. The van der Waals surface area contributed by atoms with E-state index < -0.39 is 12.2 Å². The molecule has 0 aromatic heterocycles. The molecule has 3 amide bonds. The zero-order chi connectivity index (χ0) is 20.3. The summed E-state index contributed by atoms with van der Waals surface area (Å²) in [5.41, 5.74) is 2.82. The Morgan fingerprint density at radius 3 is 2.54 bits per heavy atom. The number of halogens is 1. The van der Waals surface area contributed by atoms with Crippen LogP contribution in [0, 0.1) is 5.92 Å². The van der Waals surface area contributed by atoms with Crippen molar-refractivity contribution in [2.45, 2.75) is 39.9 Å². The zero-order valence-corrected chi connectivity index (χ0v) is 17.4. The van der Waals surface area contributed by atoms with Gasteiger partial charge in [0.1, 0.15) is 0 Å². The molecule has 2 unspecified atom stereocenters. The maximum absolute atomic E-state index is 13.3. The SMILES string of the molecule is CC1=C(C)N2C(=NC3C2C(=O)N(CC(C)C)C(=O)N3C)N1c1cccc(Cl)c1. The summed E-state index contributed by atoms with van der Waals surface area (Å²) >= 11 is 6.20. The molecule has 1 aromatic rings. The molecule has 148 valence electrons. The fourth-order valence-electron chi connectivity index (χ4n) is 4.07. The maximum atomic E-state index is 13.3. The Balaban J connectivity index is 1.77. The van der Waals surface area contributed by atoms with E-state index in [-0.39, 0.29) is 17.9 Å². The zero-order valence-electron chi connectivity index (χ0n) is 16.7. The third-order valence-corrected chi connectivity index (χ3v) is 5.74. The number of benzene rings is 1. The van der Waals surface area contributed by atoms with E-state index in [0.29, 0.717) is 17.5 Å². The van der Waals surface area contributed by atoms with Crippen LogP contribution in [0.3, 0.4) is 0 Å². The largest absolute Gasteiger partial charge is 0.328 e. The van der Waals surface area contributed by atoms with Crippen LogP contribution in [0.15, 0.2) is 40.7 Å². The quantitative estimate of drug-likeness (QED) is 0.779. The summed E-state index contributed by atoms with van der Waals surface area (Å²) < 4.78 is 0. The third-order valence-electron chi connectivity index (χ3n) is 5.51. The lowest BCUT2D eigenvalue weighted by Crippen LogP contribution is -2.65. The van der Waals surface area contributed by atoms with Crippen LogP contribution >= 0.6 is 11.6 Å². The summed E-state index contributed by atoms with van der Waals surface area (Å²) in [6.45, 7) is 8.37. The van der Waals surface area contributed by atoms with Gasteiger partial charge in [0.2, 0.25) is 5.96 Å². The second-order valence-corrected chi connectivity index (χ2v) is 8.32. The minimum atomic E-state index is -0.546. The smallest absolute Gasteiger partial charge is 0.302 e. The van der Waals surface area contributed by atoms with Gasteiger partial charge in [0.25, 0.3) is 5.91 Å². The molecule has 7 nitrogen and oxygen atoms in total. The van der Waals surface area contributed by atoms with Crippen molar-refractivity contribution in [3.05, 3.63) is 40.7 Å². The summed E-state index contributed by atoms with van der Waals surface area (Å²) in [7, 11) is 1.71. The lowest BCUT2D eigenvalue weighted by molar-refractivity contribution is -0.137. The number of nitrogens with zero attached hydrogens (tertiary/aromatic N) is 5. The van der Waals surface area contributed by atoms with Crippen molar-refractivity contribution in [2.24, 2.45) is 10.9 Å². The number of imide groups is 1. The van der Waals surface area contributed by atoms with E-state index in [1.807, 2.05) is 61.8 Å². The number of amides is 3. The maximum Gasteiger partial charge on any atom is 0.328 e. The summed E-state index contributed by atoms with van der Waals surface area (Å²) in [6, 6.07) is 6.69. The van der Waals surface area contributed by atoms with Crippen LogP contribution in [0.4, 0.5) is 10.5 Å². The van der Waals surface area contributed by atoms with Crippen LogP contribution in [0.1, 0.15) is 27.7 Å². The van der Waals surface area contributed by atoms with E-state index >= 15 is 0 Å². The van der Waals surface area contributed by atoms with E-state index in [1.165, 1.54) is 4.90 Å². The summed E-state index contributed by atoms with van der Waals surface area (Å²) in [5, 5.41) is 0.629. The third kappa shape index (κ3) is 2.60. The average molecular weight is 402 g/mol. The van der Waals surface area contributed by atoms with Crippen molar-refractivity contribution < 1.29 is 9.59 Å². The predicted molar refractivity (Wildman–Crippen MR) is 109 cm³/mol. The lowest BCUT2D eigenvalue weighted by Gasteiger charge is -2.41. The molecule has 0 N–H and O–H groups in total. The highest BCUT2D eigenvalue weighted by atomic mass is 35.5. The number of anilines is 1. The highest BCUT2D eigenvalue weighted by molar-refractivity contribution is 6.31. The summed E-state index contributed by atoms with van der Waals surface area (Å²) in [6.07, 6.45) is -0.539. The molecule has 0 spiro atoms. The van der Waals surface area contributed by atoms with Crippen molar-refractivity contribution in [3.8, 4) is 0 Å². The Labute approximate surface area is 169 Å². The first-order valence-electron chi connectivity index (χ1n) is 9.40. The van der Waals surface area contributed by atoms with Gasteiger partial charge in [-0.3, -0.25) is 19.5 Å². The predicted octanol–water partition coefficient (Wildman–Crippen LogP) is 3.33. The number of fused-ring (bicyclic) bond motifs is 3. The first-order valence-corrected chi connectivity index (χ1v) is 9.78. The van der Waals surface area contributed by atoms with Crippen LogP contribution in [-0.2, 0) is 4.79 Å².